The molecule has 0 saturated carbocycles. The Kier molecular flexibility index (Phi) is 5.75. The topological polar surface area (TPSA) is 87.5 Å². The van der Waals surface area contributed by atoms with Gasteiger partial charge in [0.25, 0.3) is 0 Å². The predicted octanol–water partition coefficient (Wildman–Crippen LogP) is 3.55. The zero-order valence-corrected chi connectivity index (χ0v) is 17.1. The van der Waals surface area contributed by atoms with Gasteiger partial charge in [-0.05, 0) is 31.2 Å². The minimum Gasteiger partial charge on any atom is -0.480 e. The molecule has 156 valence electrons. The summed E-state index contributed by atoms with van der Waals surface area (Å²) in [6.07, 6.45) is -0.517. The first-order valence-corrected chi connectivity index (χ1v) is 10.1. The largest absolute Gasteiger partial charge is 0.480 e. The summed E-state index contributed by atoms with van der Waals surface area (Å²) in [5, 5.41) is 11.6. The Balaban J connectivity index is 1.34. The molecule has 2 aromatic carbocycles. The number of thioether (sulfide) groups is 1. The number of benzene rings is 2. The third kappa shape index (κ3) is 4.33. The summed E-state index contributed by atoms with van der Waals surface area (Å²) in [6.45, 7) is 1.94. The Bertz CT molecular complexity index is 1070. The van der Waals surface area contributed by atoms with Crippen molar-refractivity contribution in [2.75, 3.05) is 17.9 Å². The molecule has 3 aromatic rings. The van der Waals surface area contributed by atoms with Crippen LogP contribution < -0.4 is 19.5 Å². The number of ether oxygens (including phenoxy) is 3. The average molecular weight is 430 g/mol. The molecular weight excluding hydrogens is 411 g/mol. The van der Waals surface area contributed by atoms with E-state index in [1.807, 2.05) is 0 Å². The number of aromatic nitrogens is 3. The van der Waals surface area contributed by atoms with Crippen molar-refractivity contribution in [3.05, 3.63) is 54.1 Å². The van der Waals surface area contributed by atoms with Crippen molar-refractivity contribution >= 4 is 23.4 Å². The number of halogens is 1. The van der Waals surface area contributed by atoms with E-state index in [1.165, 1.54) is 17.8 Å². The lowest BCUT2D eigenvalue weighted by atomic mass is 10.3. The number of amides is 1. The Hall–Kier alpha value is -3.27. The van der Waals surface area contributed by atoms with Crippen LogP contribution in [0.15, 0.2) is 47.6 Å². The Morgan fingerprint density at radius 3 is 2.90 bits per heavy atom. The fourth-order valence-corrected chi connectivity index (χ4v) is 3.61. The van der Waals surface area contributed by atoms with Crippen LogP contribution >= 0.6 is 11.8 Å². The van der Waals surface area contributed by atoms with Crippen LogP contribution in [0.4, 0.5) is 10.1 Å². The van der Waals surface area contributed by atoms with Gasteiger partial charge >= 0.3 is 0 Å². The molecule has 0 radical (unpaired) electrons. The van der Waals surface area contributed by atoms with Crippen LogP contribution in [0.2, 0.25) is 0 Å². The number of hydrogen-bond acceptors (Lipinski definition) is 7. The molecule has 1 atom stereocenters. The number of carbonyl (C=O) groups excluding carboxylic acids is 1. The lowest BCUT2D eigenvalue weighted by Gasteiger charge is -2.14. The maximum atomic E-state index is 13.8. The van der Waals surface area contributed by atoms with E-state index in [9.17, 15) is 9.18 Å². The molecule has 4 rings (SSSR count). The van der Waals surface area contributed by atoms with Gasteiger partial charge in [-0.1, -0.05) is 23.9 Å². The van der Waals surface area contributed by atoms with Crippen LogP contribution in [0.1, 0.15) is 18.9 Å². The first-order valence-electron chi connectivity index (χ1n) is 9.14. The van der Waals surface area contributed by atoms with Crippen LogP contribution in [0, 0.1) is 5.82 Å². The summed E-state index contributed by atoms with van der Waals surface area (Å²) in [5.74, 6) is 1.42. The lowest BCUT2D eigenvalue weighted by molar-refractivity contribution is -0.113. The van der Waals surface area contributed by atoms with Gasteiger partial charge in [-0.15, -0.1) is 10.2 Å². The first kappa shape index (κ1) is 20.0. The third-order valence-corrected chi connectivity index (χ3v) is 5.38. The summed E-state index contributed by atoms with van der Waals surface area (Å²) < 4.78 is 31.7. The second kappa shape index (κ2) is 8.62. The monoisotopic (exact) mass is 430 g/mol. The molecule has 0 spiro atoms. The third-order valence-electron chi connectivity index (χ3n) is 4.36. The van der Waals surface area contributed by atoms with Crippen LogP contribution in [-0.2, 0) is 11.8 Å². The number of nitrogens with one attached hydrogen (secondary N) is 1. The molecular formula is C20H19FN4O4S. The number of anilines is 1. The molecule has 1 amide bonds. The van der Waals surface area contributed by atoms with E-state index in [-0.39, 0.29) is 24.2 Å². The second-order valence-electron chi connectivity index (χ2n) is 6.50. The van der Waals surface area contributed by atoms with Crippen LogP contribution in [0.3, 0.4) is 0 Å². The van der Waals surface area contributed by atoms with Gasteiger partial charge in [0.15, 0.2) is 40.2 Å². The molecule has 30 heavy (non-hydrogen) atoms. The number of carbonyl (C=O) groups is 1. The lowest BCUT2D eigenvalue weighted by Crippen LogP contribution is -2.15. The molecule has 1 aliphatic heterocycles. The molecule has 10 heteroatoms. The van der Waals surface area contributed by atoms with Crippen molar-refractivity contribution < 1.29 is 23.4 Å². The highest BCUT2D eigenvalue weighted by atomic mass is 32.2. The van der Waals surface area contributed by atoms with Gasteiger partial charge in [-0.25, -0.2) is 4.39 Å². The van der Waals surface area contributed by atoms with E-state index in [0.29, 0.717) is 28.2 Å². The summed E-state index contributed by atoms with van der Waals surface area (Å²) in [7, 11) is 1.77. The number of fused-ring (bicyclic) bond motifs is 1. The summed E-state index contributed by atoms with van der Waals surface area (Å²) in [4.78, 5) is 12.3. The quantitative estimate of drug-likeness (QED) is 0.574. The second-order valence-corrected chi connectivity index (χ2v) is 7.44. The molecule has 0 bridgehead atoms. The van der Waals surface area contributed by atoms with E-state index in [2.05, 4.69) is 15.5 Å². The minimum atomic E-state index is -0.517. The molecule has 0 fully saturated rings. The molecule has 1 aromatic heterocycles. The van der Waals surface area contributed by atoms with Gasteiger partial charge < -0.3 is 24.1 Å². The van der Waals surface area contributed by atoms with Crippen molar-refractivity contribution in [2.45, 2.75) is 18.2 Å². The van der Waals surface area contributed by atoms with E-state index in [0.717, 1.165) is 0 Å². The number of hydrogen-bond donors (Lipinski definition) is 1. The van der Waals surface area contributed by atoms with Gasteiger partial charge in [0.05, 0.1) is 5.75 Å². The predicted molar refractivity (Wildman–Crippen MR) is 108 cm³/mol. The number of rotatable bonds is 7. The standard InChI is InChI=1S/C20H19FN4O4S/c1-12(29-15-6-4-3-5-14(15)21)19-23-24-20(25(19)2)30-10-18(26)22-13-7-8-16-17(9-13)28-11-27-16/h3-9,12H,10-11H2,1-2H3,(H,22,26). The highest BCUT2D eigenvalue weighted by Gasteiger charge is 2.19. The number of nitrogens with zero attached hydrogens (tertiary/aromatic N) is 3. The van der Waals surface area contributed by atoms with Crippen molar-refractivity contribution in [2.24, 2.45) is 7.05 Å². The fourth-order valence-electron chi connectivity index (χ4n) is 2.89. The van der Waals surface area contributed by atoms with Gasteiger partial charge in [0.1, 0.15) is 0 Å². The van der Waals surface area contributed by atoms with Gasteiger partial charge in [0.2, 0.25) is 12.7 Å². The maximum absolute atomic E-state index is 13.8. The molecule has 0 aliphatic carbocycles. The van der Waals surface area contributed by atoms with E-state index >= 15 is 0 Å². The van der Waals surface area contributed by atoms with E-state index in [1.54, 1.807) is 54.9 Å². The van der Waals surface area contributed by atoms with Crippen molar-refractivity contribution in [1.29, 1.82) is 0 Å². The van der Waals surface area contributed by atoms with Gasteiger partial charge in [-0.3, -0.25) is 4.79 Å². The Labute approximate surface area is 176 Å². The van der Waals surface area contributed by atoms with E-state index < -0.39 is 11.9 Å². The van der Waals surface area contributed by atoms with Crippen LogP contribution in [-0.4, -0.2) is 33.2 Å². The Morgan fingerprint density at radius 1 is 1.27 bits per heavy atom. The van der Waals surface area contributed by atoms with Gasteiger partial charge in [-0.2, -0.15) is 0 Å². The first-order chi connectivity index (χ1) is 14.5. The van der Waals surface area contributed by atoms with Gasteiger partial charge in [0, 0.05) is 18.8 Å². The smallest absolute Gasteiger partial charge is 0.234 e. The number of para-hydroxylation sites is 1. The van der Waals surface area contributed by atoms with Crippen molar-refractivity contribution in [3.63, 3.8) is 0 Å². The summed E-state index contributed by atoms with van der Waals surface area (Å²) >= 11 is 1.24. The Morgan fingerprint density at radius 2 is 2.07 bits per heavy atom. The zero-order chi connectivity index (χ0) is 21.1. The molecule has 1 unspecified atom stereocenters. The molecule has 1 N–H and O–H groups in total. The normalized spacial score (nSPS) is 13.2. The van der Waals surface area contributed by atoms with Crippen molar-refractivity contribution in [1.82, 2.24) is 14.8 Å². The van der Waals surface area contributed by atoms with Crippen LogP contribution in [0.5, 0.6) is 17.2 Å². The molecule has 2 heterocycles. The summed E-state index contributed by atoms with van der Waals surface area (Å²) in [6, 6.07) is 11.4. The average Bonchev–Trinajstić information content (AvgIpc) is 3.34. The minimum absolute atomic E-state index is 0.142. The zero-order valence-electron chi connectivity index (χ0n) is 16.3. The van der Waals surface area contributed by atoms with Crippen molar-refractivity contribution in [3.8, 4) is 17.2 Å². The molecule has 0 saturated heterocycles. The van der Waals surface area contributed by atoms with E-state index in [4.69, 9.17) is 14.2 Å². The molecule has 1 aliphatic rings. The molecule has 8 nitrogen and oxygen atoms in total. The highest BCUT2D eigenvalue weighted by Crippen LogP contribution is 2.34. The highest BCUT2D eigenvalue weighted by molar-refractivity contribution is 7.99. The summed E-state index contributed by atoms with van der Waals surface area (Å²) in [5.41, 5.74) is 0.621. The SMILES string of the molecule is CC(Oc1ccccc1F)c1nnc(SCC(=O)Nc2ccc3c(c2)OCO3)n1C. The maximum Gasteiger partial charge on any atom is 0.234 e. The van der Waals surface area contributed by atoms with Crippen LogP contribution in [0.25, 0.3) is 0 Å². The fraction of sp³-hybridized carbons (Fsp3) is 0.250.